The van der Waals surface area contributed by atoms with Crippen molar-refractivity contribution in [1.82, 2.24) is 15.5 Å². The van der Waals surface area contributed by atoms with Crippen LogP contribution >= 0.6 is 23.1 Å². The summed E-state index contributed by atoms with van der Waals surface area (Å²) in [5.74, 6) is 1.70. The summed E-state index contributed by atoms with van der Waals surface area (Å²) in [6.45, 7) is 8.72. The smallest absolute Gasteiger partial charge is 0.230 e. The van der Waals surface area contributed by atoms with E-state index in [4.69, 9.17) is 0 Å². The summed E-state index contributed by atoms with van der Waals surface area (Å²) in [6, 6.07) is 6.53. The average molecular weight is 405 g/mol. The van der Waals surface area contributed by atoms with Crippen molar-refractivity contribution in [3.05, 3.63) is 29.3 Å². The monoisotopic (exact) mass is 404 g/mol. The molecule has 5 nitrogen and oxygen atoms in total. The fourth-order valence-corrected chi connectivity index (χ4v) is 5.01. The number of nitrogens with one attached hydrogen (secondary N) is 2. The van der Waals surface area contributed by atoms with Crippen LogP contribution in [-0.2, 0) is 4.79 Å². The van der Waals surface area contributed by atoms with E-state index in [1.165, 1.54) is 47.1 Å². The maximum Gasteiger partial charge on any atom is 0.230 e. The van der Waals surface area contributed by atoms with Gasteiger partial charge in [0.25, 0.3) is 0 Å². The van der Waals surface area contributed by atoms with Crippen LogP contribution in [-0.4, -0.2) is 27.9 Å². The van der Waals surface area contributed by atoms with Gasteiger partial charge in [0.15, 0.2) is 4.34 Å². The van der Waals surface area contributed by atoms with Crippen LogP contribution in [0.3, 0.4) is 0 Å². The van der Waals surface area contributed by atoms with E-state index in [0.29, 0.717) is 23.6 Å². The molecule has 1 aliphatic carbocycles. The third kappa shape index (κ3) is 5.45. The van der Waals surface area contributed by atoms with Gasteiger partial charge in [-0.2, -0.15) is 0 Å². The highest BCUT2D eigenvalue weighted by Crippen LogP contribution is 2.30. The van der Waals surface area contributed by atoms with E-state index >= 15 is 0 Å². The highest BCUT2D eigenvalue weighted by Gasteiger charge is 2.28. The third-order valence-electron chi connectivity index (χ3n) is 5.54. The Labute approximate surface area is 169 Å². The predicted molar refractivity (Wildman–Crippen MR) is 114 cm³/mol. The van der Waals surface area contributed by atoms with Gasteiger partial charge in [-0.05, 0) is 55.4 Å². The summed E-state index contributed by atoms with van der Waals surface area (Å²) < 4.78 is 0.807. The van der Waals surface area contributed by atoms with E-state index in [9.17, 15) is 4.79 Å². The highest BCUT2D eigenvalue weighted by atomic mass is 32.2. The molecule has 146 valence electrons. The first-order chi connectivity index (χ1) is 12.9. The largest absolute Gasteiger partial charge is 0.352 e. The Balaban J connectivity index is 1.49. The Hall–Kier alpha value is -1.60. The molecular formula is C20H28N4OS2. The molecule has 0 bridgehead atoms. The summed E-state index contributed by atoms with van der Waals surface area (Å²) in [6.07, 6.45) is 3.56. The van der Waals surface area contributed by atoms with Gasteiger partial charge in [0.05, 0.1) is 5.75 Å². The quantitative estimate of drug-likeness (QED) is 0.668. The molecule has 0 aliphatic heterocycles. The SMILES string of the molecule is Cc1ccc(Nc2nnc(SCC(=O)N[C@@H]3CCC[C@@H](C)[C@@H]3C)s2)cc1C. The standard InChI is InChI=1S/C20H28N4OS2/c1-12-8-9-16(10-14(12)3)21-19-23-24-20(27-19)26-11-18(25)22-17-7-5-6-13(2)15(17)4/h8-10,13,15,17H,5-7,11H2,1-4H3,(H,21,23)(H,22,25)/t13-,15+,17-/m1/s1. The van der Waals surface area contributed by atoms with Gasteiger partial charge < -0.3 is 10.6 Å². The topological polar surface area (TPSA) is 66.9 Å². The number of benzene rings is 1. The lowest BCUT2D eigenvalue weighted by atomic mass is 9.78. The third-order valence-corrected chi connectivity index (χ3v) is 7.52. The van der Waals surface area contributed by atoms with Gasteiger partial charge in [-0.15, -0.1) is 10.2 Å². The molecule has 7 heteroatoms. The van der Waals surface area contributed by atoms with Crippen molar-refractivity contribution in [3.63, 3.8) is 0 Å². The summed E-state index contributed by atoms with van der Waals surface area (Å²) >= 11 is 2.93. The van der Waals surface area contributed by atoms with E-state index in [1.807, 2.05) is 6.07 Å². The summed E-state index contributed by atoms with van der Waals surface area (Å²) in [4.78, 5) is 12.3. The molecule has 27 heavy (non-hydrogen) atoms. The number of carbonyl (C=O) groups excluding carboxylic acids is 1. The number of anilines is 2. The van der Waals surface area contributed by atoms with Crippen LogP contribution in [0.15, 0.2) is 22.5 Å². The Morgan fingerprint density at radius 3 is 2.81 bits per heavy atom. The number of rotatable bonds is 6. The van der Waals surface area contributed by atoms with Gasteiger partial charge in [0, 0.05) is 11.7 Å². The number of amides is 1. The molecule has 1 heterocycles. The molecule has 0 saturated heterocycles. The van der Waals surface area contributed by atoms with Crippen LogP contribution in [0.25, 0.3) is 0 Å². The first-order valence-electron chi connectivity index (χ1n) is 9.52. The number of aryl methyl sites for hydroxylation is 2. The maximum atomic E-state index is 12.3. The average Bonchev–Trinajstić information content (AvgIpc) is 3.08. The second-order valence-corrected chi connectivity index (χ2v) is 9.73. The first kappa shape index (κ1) is 20.1. The molecule has 1 saturated carbocycles. The van der Waals surface area contributed by atoms with Crippen molar-refractivity contribution >= 4 is 39.8 Å². The first-order valence-corrected chi connectivity index (χ1v) is 11.3. The Morgan fingerprint density at radius 1 is 1.22 bits per heavy atom. The minimum Gasteiger partial charge on any atom is -0.352 e. The van der Waals surface area contributed by atoms with Crippen molar-refractivity contribution in [2.45, 2.75) is 57.3 Å². The molecule has 1 aromatic heterocycles. The zero-order valence-electron chi connectivity index (χ0n) is 16.4. The van der Waals surface area contributed by atoms with Crippen LogP contribution in [0.4, 0.5) is 10.8 Å². The van der Waals surface area contributed by atoms with Crippen molar-refractivity contribution < 1.29 is 4.79 Å². The number of hydrogen-bond donors (Lipinski definition) is 2. The second kappa shape index (κ2) is 9.06. The lowest BCUT2D eigenvalue weighted by molar-refractivity contribution is -0.119. The molecule has 0 unspecified atom stereocenters. The van der Waals surface area contributed by atoms with Crippen LogP contribution in [0.5, 0.6) is 0 Å². The molecule has 1 aliphatic rings. The summed E-state index contributed by atoms with van der Waals surface area (Å²) in [5.41, 5.74) is 3.51. The van der Waals surface area contributed by atoms with Gasteiger partial charge in [-0.25, -0.2) is 0 Å². The number of nitrogens with zero attached hydrogens (tertiary/aromatic N) is 2. The fraction of sp³-hybridized carbons (Fsp3) is 0.550. The summed E-state index contributed by atoms with van der Waals surface area (Å²) in [5, 5.41) is 15.6. The number of aromatic nitrogens is 2. The molecule has 2 aromatic rings. The molecule has 3 rings (SSSR count). The van der Waals surface area contributed by atoms with E-state index in [1.54, 1.807) is 0 Å². The molecule has 1 aromatic carbocycles. The lowest BCUT2D eigenvalue weighted by Crippen LogP contribution is -2.44. The van der Waals surface area contributed by atoms with Crippen molar-refractivity contribution in [2.24, 2.45) is 11.8 Å². The molecule has 0 spiro atoms. The van der Waals surface area contributed by atoms with Gasteiger partial charge >= 0.3 is 0 Å². The van der Waals surface area contributed by atoms with E-state index in [-0.39, 0.29) is 5.91 Å². The molecule has 3 atom stereocenters. The van der Waals surface area contributed by atoms with Crippen LogP contribution < -0.4 is 10.6 Å². The Morgan fingerprint density at radius 2 is 2.04 bits per heavy atom. The van der Waals surface area contributed by atoms with Gasteiger partial charge in [-0.3, -0.25) is 4.79 Å². The Bertz CT molecular complexity index is 792. The van der Waals surface area contributed by atoms with Gasteiger partial charge in [0.1, 0.15) is 0 Å². The number of thioether (sulfide) groups is 1. The van der Waals surface area contributed by atoms with E-state index in [0.717, 1.165) is 21.6 Å². The molecule has 1 fully saturated rings. The molecule has 1 amide bonds. The summed E-state index contributed by atoms with van der Waals surface area (Å²) in [7, 11) is 0. The molecular weight excluding hydrogens is 376 g/mol. The van der Waals surface area contributed by atoms with Crippen LogP contribution in [0, 0.1) is 25.7 Å². The minimum atomic E-state index is 0.0878. The normalized spacial score (nSPS) is 22.4. The fourth-order valence-electron chi connectivity index (χ4n) is 3.42. The number of hydrogen-bond acceptors (Lipinski definition) is 6. The van der Waals surface area contributed by atoms with Gasteiger partial charge in [0.2, 0.25) is 11.0 Å². The Kier molecular flexibility index (Phi) is 6.76. The van der Waals surface area contributed by atoms with Crippen molar-refractivity contribution in [2.75, 3.05) is 11.1 Å². The van der Waals surface area contributed by atoms with Crippen molar-refractivity contribution in [3.8, 4) is 0 Å². The van der Waals surface area contributed by atoms with E-state index < -0.39 is 0 Å². The van der Waals surface area contributed by atoms with Gasteiger partial charge in [-0.1, -0.05) is 55.9 Å². The lowest BCUT2D eigenvalue weighted by Gasteiger charge is -2.34. The highest BCUT2D eigenvalue weighted by molar-refractivity contribution is 8.01. The zero-order chi connectivity index (χ0) is 19.4. The maximum absolute atomic E-state index is 12.3. The van der Waals surface area contributed by atoms with Crippen LogP contribution in [0.2, 0.25) is 0 Å². The van der Waals surface area contributed by atoms with Crippen LogP contribution in [0.1, 0.15) is 44.2 Å². The van der Waals surface area contributed by atoms with Crippen molar-refractivity contribution in [1.29, 1.82) is 0 Å². The molecule has 0 radical (unpaired) electrons. The minimum absolute atomic E-state index is 0.0878. The second-order valence-electron chi connectivity index (χ2n) is 7.53. The predicted octanol–water partition coefficient (Wildman–Crippen LogP) is 4.93. The zero-order valence-corrected chi connectivity index (χ0v) is 18.0. The van der Waals surface area contributed by atoms with E-state index in [2.05, 4.69) is 60.7 Å². The number of carbonyl (C=O) groups is 1. The molecule has 2 N–H and O–H groups in total.